The summed E-state index contributed by atoms with van der Waals surface area (Å²) in [5.41, 5.74) is 3.08. The molecule has 1 aromatic carbocycles. The summed E-state index contributed by atoms with van der Waals surface area (Å²) in [5, 5.41) is 8.55. The third-order valence-electron chi connectivity index (χ3n) is 4.24. The lowest BCUT2D eigenvalue weighted by atomic mass is 10.2. The molecule has 3 heterocycles. The fourth-order valence-corrected chi connectivity index (χ4v) is 3.03. The SMILES string of the molecule is c1ccc(CN2CC[C@@H](n3cc(-c4cncnc4)nn3)C2)cc1. The van der Waals surface area contributed by atoms with E-state index in [2.05, 4.69) is 55.5 Å². The monoisotopic (exact) mass is 306 g/mol. The van der Waals surface area contributed by atoms with E-state index in [0.717, 1.165) is 37.3 Å². The Labute approximate surface area is 134 Å². The molecule has 1 aliphatic heterocycles. The molecular formula is C17H18N6. The van der Waals surface area contributed by atoms with E-state index in [1.165, 1.54) is 11.9 Å². The van der Waals surface area contributed by atoms with Gasteiger partial charge in [-0.1, -0.05) is 35.5 Å². The van der Waals surface area contributed by atoms with Crippen LogP contribution in [-0.2, 0) is 6.54 Å². The molecule has 6 nitrogen and oxygen atoms in total. The van der Waals surface area contributed by atoms with Gasteiger partial charge in [-0.25, -0.2) is 14.6 Å². The molecule has 1 atom stereocenters. The van der Waals surface area contributed by atoms with E-state index in [1.807, 2.05) is 10.9 Å². The van der Waals surface area contributed by atoms with Crippen molar-refractivity contribution in [1.82, 2.24) is 29.9 Å². The minimum atomic E-state index is 0.379. The summed E-state index contributed by atoms with van der Waals surface area (Å²) in [4.78, 5) is 10.5. The van der Waals surface area contributed by atoms with Crippen molar-refractivity contribution in [3.63, 3.8) is 0 Å². The van der Waals surface area contributed by atoms with Crippen LogP contribution in [0.25, 0.3) is 11.3 Å². The van der Waals surface area contributed by atoms with Gasteiger partial charge in [-0.2, -0.15) is 0 Å². The second-order valence-corrected chi connectivity index (χ2v) is 5.87. The molecular weight excluding hydrogens is 288 g/mol. The number of aromatic nitrogens is 5. The standard InChI is InChI=1S/C17H18N6/c1-2-4-14(5-3-1)10-22-7-6-16(11-22)23-12-17(20-21-23)15-8-18-13-19-9-15/h1-5,8-9,12-13,16H,6-7,10-11H2/t16-/m1/s1. The quantitative estimate of drug-likeness (QED) is 0.739. The average Bonchev–Trinajstić information content (AvgIpc) is 3.26. The van der Waals surface area contributed by atoms with E-state index in [-0.39, 0.29) is 0 Å². The zero-order valence-electron chi connectivity index (χ0n) is 12.8. The summed E-state index contributed by atoms with van der Waals surface area (Å²) >= 11 is 0. The second kappa shape index (κ2) is 6.26. The van der Waals surface area contributed by atoms with Gasteiger partial charge in [0.1, 0.15) is 12.0 Å². The summed E-state index contributed by atoms with van der Waals surface area (Å²) < 4.78 is 1.98. The Hall–Kier alpha value is -2.60. The number of hydrogen-bond donors (Lipinski definition) is 0. The summed E-state index contributed by atoms with van der Waals surface area (Å²) in [6, 6.07) is 11.0. The van der Waals surface area contributed by atoms with Gasteiger partial charge in [0.2, 0.25) is 0 Å². The molecule has 1 aliphatic rings. The van der Waals surface area contributed by atoms with Gasteiger partial charge in [-0.3, -0.25) is 4.90 Å². The predicted molar refractivity (Wildman–Crippen MR) is 86.4 cm³/mol. The third kappa shape index (κ3) is 3.12. The topological polar surface area (TPSA) is 59.7 Å². The van der Waals surface area contributed by atoms with Crippen molar-refractivity contribution in [1.29, 1.82) is 0 Å². The second-order valence-electron chi connectivity index (χ2n) is 5.87. The molecule has 0 bridgehead atoms. The van der Waals surface area contributed by atoms with Crippen molar-refractivity contribution < 1.29 is 0 Å². The highest BCUT2D eigenvalue weighted by molar-refractivity contribution is 5.54. The van der Waals surface area contributed by atoms with Crippen LogP contribution in [0.2, 0.25) is 0 Å². The minimum absolute atomic E-state index is 0.379. The van der Waals surface area contributed by atoms with Crippen molar-refractivity contribution in [2.45, 2.75) is 19.0 Å². The lowest BCUT2D eigenvalue weighted by molar-refractivity contribution is 0.310. The lowest BCUT2D eigenvalue weighted by Crippen LogP contribution is -2.21. The smallest absolute Gasteiger partial charge is 0.116 e. The number of rotatable bonds is 4. The van der Waals surface area contributed by atoms with Gasteiger partial charge in [0.15, 0.2) is 0 Å². The fourth-order valence-electron chi connectivity index (χ4n) is 3.03. The first kappa shape index (κ1) is 14.0. The highest BCUT2D eigenvalue weighted by Crippen LogP contribution is 2.24. The Bertz CT molecular complexity index is 755. The van der Waals surface area contributed by atoms with Gasteiger partial charge < -0.3 is 0 Å². The van der Waals surface area contributed by atoms with E-state index in [4.69, 9.17) is 0 Å². The number of hydrogen-bond acceptors (Lipinski definition) is 5. The first-order valence-corrected chi connectivity index (χ1v) is 7.82. The molecule has 1 saturated heterocycles. The van der Waals surface area contributed by atoms with Crippen LogP contribution in [0, 0.1) is 0 Å². The Morgan fingerprint density at radius 3 is 2.74 bits per heavy atom. The van der Waals surface area contributed by atoms with E-state index in [9.17, 15) is 0 Å². The molecule has 3 aromatic rings. The molecule has 4 rings (SSSR count). The van der Waals surface area contributed by atoms with E-state index in [1.54, 1.807) is 12.4 Å². The first-order chi connectivity index (χ1) is 11.4. The van der Waals surface area contributed by atoms with Crippen LogP contribution < -0.4 is 0 Å². The molecule has 23 heavy (non-hydrogen) atoms. The van der Waals surface area contributed by atoms with Gasteiger partial charge in [0, 0.05) is 37.6 Å². The highest BCUT2D eigenvalue weighted by Gasteiger charge is 2.25. The Kier molecular flexibility index (Phi) is 3.81. The molecule has 0 amide bonds. The van der Waals surface area contributed by atoms with Crippen LogP contribution in [0.4, 0.5) is 0 Å². The van der Waals surface area contributed by atoms with Crippen LogP contribution in [0.3, 0.4) is 0 Å². The summed E-state index contributed by atoms with van der Waals surface area (Å²) in [5.74, 6) is 0. The maximum absolute atomic E-state index is 4.30. The van der Waals surface area contributed by atoms with Crippen molar-refractivity contribution in [2.75, 3.05) is 13.1 Å². The van der Waals surface area contributed by atoms with Crippen molar-refractivity contribution in [3.05, 3.63) is 60.8 Å². The summed E-state index contributed by atoms with van der Waals surface area (Å²) in [6.07, 6.45) is 8.14. The van der Waals surface area contributed by atoms with Crippen LogP contribution in [0.1, 0.15) is 18.0 Å². The van der Waals surface area contributed by atoms with Gasteiger partial charge >= 0.3 is 0 Å². The first-order valence-electron chi connectivity index (χ1n) is 7.82. The molecule has 0 saturated carbocycles. The Morgan fingerprint density at radius 1 is 1.09 bits per heavy atom. The number of benzene rings is 1. The molecule has 116 valence electrons. The Morgan fingerprint density at radius 2 is 1.91 bits per heavy atom. The van der Waals surface area contributed by atoms with Crippen molar-refractivity contribution >= 4 is 0 Å². The van der Waals surface area contributed by atoms with E-state index < -0.39 is 0 Å². The molecule has 0 radical (unpaired) electrons. The maximum Gasteiger partial charge on any atom is 0.116 e. The van der Waals surface area contributed by atoms with Crippen LogP contribution in [-0.4, -0.2) is 43.0 Å². The van der Waals surface area contributed by atoms with Crippen molar-refractivity contribution in [3.8, 4) is 11.3 Å². The third-order valence-corrected chi connectivity index (χ3v) is 4.24. The van der Waals surface area contributed by atoms with E-state index in [0.29, 0.717) is 6.04 Å². The van der Waals surface area contributed by atoms with Gasteiger partial charge in [-0.15, -0.1) is 5.10 Å². The zero-order valence-corrected chi connectivity index (χ0v) is 12.8. The summed E-state index contributed by atoms with van der Waals surface area (Å²) in [6.45, 7) is 3.08. The number of likely N-dealkylation sites (tertiary alicyclic amines) is 1. The zero-order chi connectivity index (χ0) is 15.5. The minimum Gasteiger partial charge on any atom is -0.297 e. The number of nitrogens with zero attached hydrogens (tertiary/aromatic N) is 6. The van der Waals surface area contributed by atoms with Gasteiger partial charge in [0.05, 0.1) is 12.2 Å². The van der Waals surface area contributed by atoms with Crippen LogP contribution >= 0.6 is 0 Å². The molecule has 0 N–H and O–H groups in total. The molecule has 0 unspecified atom stereocenters. The molecule has 2 aromatic heterocycles. The largest absolute Gasteiger partial charge is 0.297 e. The maximum atomic E-state index is 4.30. The molecule has 0 spiro atoms. The molecule has 1 fully saturated rings. The molecule has 6 heteroatoms. The van der Waals surface area contributed by atoms with Crippen molar-refractivity contribution in [2.24, 2.45) is 0 Å². The Balaban J connectivity index is 1.43. The van der Waals surface area contributed by atoms with Crippen LogP contribution in [0.15, 0.2) is 55.2 Å². The van der Waals surface area contributed by atoms with Gasteiger partial charge in [-0.05, 0) is 12.0 Å². The highest BCUT2D eigenvalue weighted by atomic mass is 15.4. The lowest BCUT2D eigenvalue weighted by Gasteiger charge is -2.15. The summed E-state index contributed by atoms with van der Waals surface area (Å²) in [7, 11) is 0. The van der Waals surface area contributed by atoms with E-state index >= 15 is 0 Å². The predicted octanol–water partition coefficient (Wildman–Crippen LogP) is 2.18. The fraction of sp³-hybridized carbons (Fsp3) is 0.294. The van der Waals surface area contributed by atoms with Gasteiger partial charge in [0.25, 0.3) is 0 Å². The normalized spacial score (nSPS) is 18.3. The van der Waals surface area contributed by atoms with Crippen LogP contribution in [0.5, 0.6) is 0 Å². The average molecular weight is 306 g/mol. The molecule has 0 aliphatic carbocycles.